The predicted molar refractivity (Wildman–Crippen MR) is 138 cm³/mol. The van der Waals surface area contributed by atoms with Crippen LogP contribution in [0.3, 0.4) is 0 Å². The van der Waals surface area contributed by atoms with Crippen LogP contribution in [0.2, 0.25) is 0 Å². The van der Waals surface area contributed by atoms with E-state index < -0.39 is 0 Å². The van der Waals surface area contributed by atoms with E-state index in [-0.39, 0.29) is 11.5 Å². The Morgan fingerprint density at radius 2 is 0.974 bits per heavy atom. The number of rotatable bonds is 4. The highest BCUT2D eigenvalue weighted by Gasteiger charge is 2.11. The molecule has 0 amide bonds. The van der Waals surface area contributed by atoms with Gasteiger partial charge in [-0.1, -0.05) is 11.8 Å². The van der Waals surface area contributed by atoms with Crippen molar-refractivity contribution in [2.45, 2.75) is 0 Å². The number of fused-ring (bicyclic) bond motifs is 2. The largest absolute Gasteiger partial charge is 0.506 e. The summed E-state index contributed by atoms with van der Waals surface area (Å²) in [6, 6.07) is 19.6. The zero-order chi connectivity index (χ0) is 26.2. The van der Waals surface area contributed by atoms with E-state index in [1.165, 1.54) is 21.7 Å². The van der Waals surface area contributed by atoms with Crippen LogP contribution in [-0.2, 0) is 0 Å². The lowest BCUT2D eigenvalue weighted by Gasteiger charge is -2.04. The molecule has 0 aliphatic carbocycles. The number of carbonyl (C=O) groups excluding carboxylic acids is 2. The van der Waals surface area contributed by atoms with Crippen molar-refractivity contribution >= 4 is 34.6 Å². The first-order valence-corrected chi connectivity index (χ1v) is 11.3. The van der Waals surface area contributed by atoms with Crippen molar-refractivity contribution < 1.29 is 19.8 Å². The van der Waals surface area contributed by atoms with Crippen LogP contribution in [0, 0.1) is 11.8 Å². The predicted octanol–water partition coefficient (Wildman–Crippen LogP) is 3.59. The lowest BCUT2D eigenvalue weighted by molar-refractivity contribution is 0.111. The minimum absolute atomic E-state index is 0.0690. The summed E-state index contributed by atoms with van der Waals surface area (Å²) >= 11 is 0. The van der Waals surface area contributed by atoms with E-state index in [0.717, 1.165) is 12.6 Å². The van der Waals surface area contributed by atoms with E-state index in [9.17, 15) is 19.8 Å². The summed E-state index contributed by atoms with van der Waals surface area (Å²) in [5, 5.41) is 38.5. The minimum atomic E-state index is -0.0690. The number of benzene rings is 4. The summed E-state index contributed by atoms with van der Waals surface area (Å²) in [5.74, 6) is 5.79. The molecular formula is C28H16N6O4. The Balaban J connectivity index is 1.25. The van der Waals surface area contributed by atoms with Gasteiger partial charge in [0.15, 0.2) is 0 Å². The zero-order valence-electron chi connectivity index (χ0n) is 19.5. The molecule has 0 saturated carbocycles. The van der Waals surface area contributed by atoms with Crippen LogP contribution in [0.25, 0.3) is 33.4 Å². The Morgan fingerprint density at radius 3 is 1.37 bits per heavy atom. The second-order valence-electron chi connectivity index (χ2n) is 8.37. The topological polar surface area (TPSA) is 136 Å². The number of nitrogens with zero attached hydrogens (tertiary/aromatic N) is 6. The summed E-state index contributed by atoms with van der Waals surface area (Å²) in [6.07, 6.45) is 1.47. The van der Waals surface area contributed by atoms with Gasteiger partial charge >= 0.3 is 0 Å². The molecule has 10 heteroatoms. The third-order valence-corrected chi connectivity index (χ3v) is 5.81. The highest BCUT2D eigenvalue weighted by molar-refractivity contribution is 5.85. The number of hydrogen-bond donors (Lipinski definition) is 2. The van der Waals surface area contributed by atoms with Crippen molar-refractivity contribution in [3.05, 3.63) is 95.1 Å². The fourth-order valence-corrected chi connectivity index (χ4v) is 3.91. The Labute approximate surface area is 214 Å². The van der Waals surface area contributed by atoms with Gasteiger partial charge in [0.05, 0.1) is 0 Å². The number of aromatic hydroxyl groups is 2. The maximum Gasteiger partial charge on any atom is 0.150 e. The van der Waals surface area contributed by atoms with Gasteiger partial charge in [0, 0.05) is 22.3 Å². The second-order valence-corrected chi connectivity index (χ2v) is 8.37. The highest BCUT2D eigenvalue weighted by atomic mass is 16.3. The zero-order valence-corrected chi connectivity index (χ0v) is 19.5. The van der Waals surface area contributed by atoms with Crippen molar-refractivity contribution in [1.82, 2.24) is 30.0 Å². The van der Waals surface area contributed by atoms with Gasteiger partial charge in [-0.3, -0.25) is 9.59 Å². The maximum atomic E-state index is 11.0. The van der Waals surface area contributed by atoms with Gasteiger partial charge in [-0.25, -0.2) is 0 Å². The van der Waals surface area contributed by atoms with Gasteiger partial charge in [-0.05, 0) is 72.8 Å². The average molecular weight is 500 g/mol. The number of phenols is 2. The van der Waals surface area contributed by atoms with Crippen LogP contribution in [0.1, 0.15) is 31.8 Å². The molecule has 0 unspecified atom stereocenters. The van der Waals surface area contributed by atoms with E-state index in [2.05, 4.69) is 32.2 Å². The lowest BCUT2D eigenvalue weighted by Crippen LogP contribution is -1.99. The molecule has 38 heavy (non-hydrogen) atoms. The fourth-order valence-electron chi connectivity index (χ4n) is 3.91. The first-order valence-electron chi connectivity index (χ1n) is 11.3. The van der Waals surface area contributed by atoms with Crippen LogP contribution in [0.5, 0.6) is 11.5 Å². The van der Waals surface area contributed by atoms with Gasteiger partial charge in [0.1, 0.15) is 57.5 Å². The third-order valence-electron chi connectivity index (χ3n) is 5.81. The molecule has 10 nitrogen and oxygen atoms in total. The Kier molecular flexibility index (Phi) is 5.36. The number of carbonyl (C=O) groups is 2. The molecule has 0 spiro atoms. The van der Waals surface area contributed by atoms with E-state index >= 15 is 0 Å². The normalized spacial score (nSPS) is 10.8. The highest BCUT2D eigenvalue weighted by Crippen LogP contribution is 2.25. The molecule has 4 aromatic carbocycles. The standard InChI is InChI=1S/C28H16N6O4/c35-15-19-3-7-21-23(11-19)31-33(29-21)25-9-5-17(13-27(25)37)1-2-18-6-10-26(28(38)14-18)34-30-22-8-4-20(16-36)12-24(22)32-34/h3-16,37-38H. The quantitative estimate of drug-likeness (QED) is 0.277. The Morgan fingerprint density at radius 1 is 0.553 bits per heavy atom. The van der Waals surface area contributed by atoms with Gasteiger partial charge in [0.2, 0.25) is 0 Å². The molecule has 0 aliphatic rings. The van der Waals surface area contributed by atoms with Gasteiger partial charge in [0.25, 0.3) is 0 Å². The molecule has 6 rings (SSSR count). The summed E-state index contributed by atoms with van der Waals surface area (Å²) < 4.78 is 0. The average Bonchev–Trinajstić information content (AvgIpc) is 3.55. The minimum Gasteiger partial charge on any atom is -0.506 e. The first kappa shape index (κ1) is 22.6. The number of aromatic nitrogens is 6. The summed E-state index contributed by atoms with van der Waals surface area (Å²) in [7, 11) is 0. The summed E-state index contributed by atoms with van der Waals surface area (Å²) in [6.45, 7) is 0. The van der Waals surface area contributed by atoms with Crippen molar-refractivity contribution in [2.75, 3.05) is 0 Å². The molecule has 2 N–H and O–H groups in total. The first-order chi connectivity index (χ1) is 18.5. The van der Waals surface area contributed by atoms with E-state index in [1.54, 1.807) is 60.7 Å². The van der Waals surface area contributed by atoms with Crippen LogP contribution in [0.15, 0.2) is 72.8 Å². The molecule has 0 atom stereocenters. The Bertz CT molecular complexity index is 1820. The van der Waals surface area contributed by atoms with Crippen molar-refractivity contribution in [2.24, 2.45) is 0 Å². The maximum absolute atomic E-state index is 11.0. The monoisotopic (exact) mass is 500 g/mol. The van der Waals surface area contributed by atoms with Gasteiger partial charge in [-0.15, -0.1) is 30.0 Å². The molecular weight excluding hydrogens is 484 g/mol. The molecule has 182 valence electrons. The van der Waals surface area contributed by atoms with E-state index in [1.807, 2.05) is 0 Å². The molecule has 0 bridgehead atoms. The molecule has 2 aromatic heterocycles. The van der Waals surface area contributed by atoms with Gasteiger partial charge < -0.3 is 10.2 Å². The van der Waals surface area contributed by atoms with Crippen LogP contribution < -0.4 is 0 Å². The van der Waals surface area contributed by atoms with Crippen LogP contribution in [0.4, 0.5) is 0 Å². The fraction of sp³-hybridized carbons (Fsp3) is 0. The van der Waals surface area contributed by atoms with Crippen LogP contribution in [-0.4, -0.2) is 52.8 Å². The Hall–Kier alpha value is -5.82. The van der Waals surface area contributed by atoms with Crippen LogP contribution >= 0.6 is 0 Å². The summed E-state index contributed by atoms with van der Waals surface area (Å²) in [5.41, 5.74) is 5.03. The van der Waals surface area contributed by atoms with Crippen molar-refractivity contribution in [3.8, 4) is 34.7 Å². The molecule has 0 saturated heterocycles. The lowest BCUT2D eigenvalue weighted by atomic mass is 10.1. The molecule has 2 heterocycles. The van der Waals surface area contributed by atoms with Crippen molar-refractivity contribution in [3.63, 3.8) is 0 Å². The molecule has 0 radical (unpaired) electrons. The summed E-state index contributed by atoms with van der Waals surface area (Å²) in [4.78, 5) is 24.6. The third kappa shape index (κ3) is 4.10. The molecule has 0 fully saturated rings. The SMILES string of the molecule is O=Cc1ccc2nn(-c3ccc(C#Cc4ccc(-n5nc6ccc(C=O)cc6n5)c(O)c4)cc3O)nc2c1. The smallest absolute Gasteiger partial charge is 0.150 e. The second kappa shape index (κ2) is 9.00. The molecule has 0 aliphatic heterocycles. The number of aldehydes is 2. The number of phenolic OH excluding ortho intramolecular Hbond substituents is 2. The molecule has 6 aromatic rings. The number of hydrogen-bond acceptors (Lipinski definition) is 8. The van der Waals surface area contributed by atoms with E-state index in [4.69, 9.17) is 0 Å². The van der Waals surface area contributed by atoms with E-state index in [0.29, 0.717) is 55.7 Å². The van der Waals surface area contributed by atoms with Gasteiger partial charge in [-0.2, -0.15) is 0 Å². The van der Waals surface area contributed by atoms with Crippen molar-refractivity contribution in [1.29, 1.82) is 0 Å².